The highest BCUT2D eigenvalue weighted by Gasteiger charge is 2.09. The Bertz CT molecular complexity index is 311. The van der Waals surface area contributed by atoms with Gasteiger partial charge in [-0.25, -0.2) is 0 Å². The van der Waals surface area contributed by atoms with Crippen LogP contribution in [-0.2, 0) is 0 Å². The fourth-order valence-electron chi connectivity index (χ4n) is 1.78. The van der Waals surface area contributed by atoms with Gasteiger partial charge >= 0.3 is 0 Å². The van der Waals surface area contributed by atoms with Gasteiger partial charge in [-0.05, 0) is 31.0 Å². The molecule has 2 rings (SSSR count). The highest BCUT2D eigenvalue weighted by molar-refractivity contribution is 5.70. The SMILES string of the molecule is CC1=C(c2ccccc2)CNCC1. The van der Waals surface area contributed by atoms with E-state index in [4.69, 9.17) is 0 Å². The van der Waals surface area contributed by atoms with E-state index in [9.17, 15) is 0 Å². The highest BCUT2D eigenvalue weighted by atomic mass is 14.9. The van der Waals surface area contributed by atoms with E-state index in [2.05, 4.69) is 42.6 Å². The summed E-state index contributed by atoms with van der Waals surface area (Å²) < 4.78 is 0. The minimum Gasteiger partial charge on any atom is -0.312 e. The standard InChI is InChI=1S/C12H15N/c1-10-7-8-13-9-12(10)11-5-3-2-4-6-11/h2-6,13H,7-9H2,1H3. The van der Waals surface area contributed by atoms with Crippen LogP contribution in [0.1, 0.15) is 18.9 Å². The zero-order valence-corrected chi connectivity index (χ0v) is 8.01. The average Bonchev–Trinajstić information content (AvgIpc) is 2.20. The Morgan fingerprint density at radius 3 is 2.62 bits per heavy atom. The van der Waals surface area contributed by atoms with E-state index in [0.29, 0.717) is 0 Å². The van der Waals surface area contributed by atoms with Gasteiger partial charge in [0, 0.05) is 6.54 Å². The zero-order valence-electron chi connectivity index (χ0n) is 8.01. The Labute approximate surface area is 79.5 Å². The normalized spacial score (nSPS) is 17.6. The first-order valence-electron chi connectivity index (χ1n) is 4.82. The Hall–Kier alpha value is -1.08. The third-order valence-corrected chi connectivity index (χ3v) is 2.62. The van der Waals surface area contributed by atoms with Crippen molar-refractivity contribution in [2.24, 2.45) is 0 Å². The van der Waals surface area contributed by atoms with Crippen LogP contribution in [0.4, 0.5) is 0 Å². The van der Waals surface area contributed by atoms with E-state index in [1.54, 1.807) is 0 Å². The van der Waals surface area contributed by atoms with Crippen LogP contribution in [0.5, 0.6) is 0 Å². The smallest absolute Gasteiger partial charge is 0.0211 e. The van der Waals surface area contributed by atoms with Crippen molar-refractivity contribution < 1.29 is 0 Å². The lowest BCUT2D eigenvalue weighted by atomic mass is 9.96. The molecule has 1 heteroatoms. The fraction of sp³-hybridized carbons (Fsp3) is 0.333. The van der Waals surface area contributed by atoms with Crippen molar-refractivity contribution in [1.29, 1.82) is 0 Å². The third kappa shape index (κ3) is 1.81. The van der Waals surface area contributed by atoms with Gasteiger partial charge in [0.15, 0.2) is 0 Å². The van der Waals surface area contributed by atoms with Crippen LogP contribution in [0.3, 0.4) is 0 Å². The van der Waals surface area contributed by atoms with Gasteiger partial charge < -0.3 is 5.32 Å². The minimum absolute atomic E-state index is 1.02. The summed E-state index contributed by atoms with van der Waals surface area (Å²) in [4.78, 5) is 0. The Balaban J connectivity index is 2.35. The molecule has 0 amide bonds. The second-order valence-corrected chi connectivity index (χ2v) is 3.55. The molecular weight excluding hydrogens is 158 g/mol. The van der Waals surface area contributed by atoms with Crippen molar-refractivity contribution in [3.8, 4) is 0 Å². The molecule has 0 unspecified atom stereocenters. The van der Waals surface area contributed by atoms with Crippen LogP contribution in [0.25, 0.3) is 5.57 Å². The Morgan fingerprint density at radius 2 is 1.92 bits per heavy atom. The van der Waals surface area contributed by atoms with Crippen molar-refractivity contribution in [2.75, 3.05) is 13.1 Å². The number of hydrogen-bond acceptors (Lipinski definition) is 1. The molecule has 0 bridgehead atoms. The van der Waals surface area contributed by atoms with Gasteiger partial charge in [0.1, 0.15) is 0 Å². The molecule has 1 aliphatic heterocycles. The summed E-state index contributed by atoms with van der Waals surface area (Å²) >= 11 is 0. The second kappa shape index (κ2) is 3.75. The summed E-state index contributed by atoms with van der Waals surface area (Å²) in [5, 5.41) is 3.41. The fourth-order valence-corrected chi connectivity index (χ4v) is 1.78. The molecule has 1 nitrogen and oxygen atoms in total. The molecule has 0 aromatic heterocycles. The minimum atomic E-state index is 1.02. The molecule has 0 spiro atoms. The van der Waals surface area contributed by atoms with Gasteiger partial charge in [-0.1, -0.05) is 35.9 Å². The van der Waals surface area contributed by atoms with Gasteiger partial charge in [-0.15, -0.1) is 0 Å². The van der Waals surface area contributed by atoms with Gasteiger partial charge in [-0.3, -0.25) is 0 Å². The largest absolute Gasteiger partial charge is 0.312 e. The van der Waals surface area contributed by atoms with Crippen LogP contribution < -0.4 is 5.32 Å². The van der Waals surface area contributed by atoms with Crippen LogP contribution in [-0.4, -0.2) is 13.1 Å². The van der Waals surface area contributed by atoms with Gasteiger partial charge in [0.05, 0.1) is 0 Å². The highest BCUT2D eigenvalue weighted by Crippen LogP contribution is 2.21. The molecular formula is C12H15N. The lowest BCUT2D eigenvalue weighted by molar-refractivity contribution is 0.715. The summed E-state index contributed by atoms with van der Waals surface area (Å²) in [6, 6.07) is 10.6. The average molecular weight is 173 g/mol. The molecule has 0 atom stereocenters. The van der Waals surface area contributed by atoms with Crippen molar-refractivity contribution in [2.45, 2.75) is 13.3 Å². The number of hydrogen-bond donors (Lipinski definition) is 1. The summed E-state index contributed by atoms with van der Waals surface area (Å²) in [6.07, 6.45) is 1.18. The van der Waals surface area contributed by atoms with Crippen molar-refractivity contribution >= 4 is 5.57 Å². The predicted molar refractivity (Wildman–Crippen MR) is 56.5 cm³/mol. The van der Waals surface area contributed by atoms with Gasteiger partial charge in [-0.2, -0.15) is 0 Å². The lowest BCUT2D eigenvalue weighted by Crippen LogP contribution is -2.23. The molecule has 1 aromatic rings. The monoisotopic (exact) mass is 173 g/mol. The van der Waals surface area contributed by atoms with Gasteiger partial charge in [0.2, 0.25) is 0 Å². The van der Waals surface area contributed by atoms with Gasteiger partial charge in [0.25, 0.3) is 0 Å². The van der Waals surface area contributed by atoms with E-state index in [0.717, 1.165) is 13.1 Å². The molecule has 1 aromatic carbocycles. The molecule has 13 heavy (non-hydrogen) atoms. The van der Waals surface area contributed by atoms with E-state index >= 15 is 0 Å². The molecule has 0 fully saturated rings. The van der Waals surface area contributed by atoms with E-state index < -0.39 is 0 Å². The molecule has 0 radical (unpaired) electrons. The molecule has 1 N–H and O–H groups in total. The van der Waals surface area contributed by atoms with E-state index in [1.807, 2.05) is 0 Å². The quantitative estimate of drug-likeness (QED) is 0.688. The van der Waals surface area contributed by atoms with Crippen LogP contribution >= 0.6 is 0 Å². The van der Waals surface area contributed by atoms with E-state index in [1.165, 1.54) is 23.1 Å². The first-order chi connectivity index (χ1) is 6.38. The van der Waals surface area contributed by atoms with Crippen molar-refractivity contribution in [1.82, 2.24) is 5.32 Å². The first-order valence-corrected chi connectivity index (χ1v) is 4.82. The summed E-state index contributed by atoms with van der Waals surface area (Å²) in [5.41, 5.74) is 4.38. The summed E-state index contributed by atoms with van der Waals surface area (Å²) in [5.74, 6) is 0. The van der Waals surface area contributed by atoms with Crippen LogP contribution in [0.2, 0.25) is 0 Å². The zero-order chi connectivity index (χ0) is 9.10. The lowest BCUT2D eigenvalue weighted by Gasteiger charge is -2.19. The Morgan fingerprint density at radius 1 is 1.15 bits per heavy atom. The van der Waals surface area contributed by atoms with Crippen molar-refractivity contribution in [3.63, 3.8) is 0 Å². The molecule has 0 saturated heterocycles. The topological polar surface area (TPSA) is 12.0 Å². The molecule has 1 heterocycles. The summed E-state index contributed by atoms with van der Waals surface area (Å²) in [6.45, 7) is 4.39. The second-order valence-electron chi connectivity index (χ2n) is 3.55. The maximum atomic E-state index is 3.41. The summed E-state index contributed by atoms with van der Waals surface area (Å²) in [7, 11) is 0. The van der Waals surface area contributed by atoms with Crippen LogP contribution in [0.15, 0.2) is 35.9 Å². The maximum Gasteiger partial charge on any atom is 0.0211 e. The number of rotatable bonds is 1. The molecule has 0 aliphatic carbocycles. The predicted octanol–water partition coefficient (Wildman–Crippen LogP) is 2.45. The first kappa shape index (κ1) is 8.52. The molecule has 0 saturated carbocycles. The van der Waals surface area contributed by atoms with E-state index in [-0.39, 0.29) is 0 Å². The molecule has 1 aliphatic rings. The molecule has 68 valence electrons. The third-order valence-electron chi connectivity index (χ3n) is 2.62. The number of nitrogens with one attached hydrogen (secondary N) is 1. The van der Waals surface area contributed by atoms with Crippen LogP contribution in [0, 0.1) is 0 Å². The maximum absolute atomic E-state index is 3.41. The Kier molecular flexibility index (Phi) is 2.46. The van der Waals surface area contributed by atoms with Crippen molar-refractivity contribution in [3.05, 3.63) is 41.5 Å². The number of benzene rings is 1.